The van der Waals surface area contributed by atoms with Gasteiger partial charge in [0.1, 0.15) is 5.82 Å². The second kappa shape index (κ2) is 7.69. The fourth-order valence-corrected chi connectivity index (χ4v) is 4.16. The van der Waals surface area contributed by atoms with Crippen LogP contribution in [0.25, 0.3) is 10.1 Å². The molecule has 2 aromatic carbocycles. The van der Waals surface area contributed by atoms with Crippen LogP contribution in [0.5, 0.6) is 0 Å². The van der Waals surface area contributed by atoms with Crippen molar-refractivity contribution in [2.75, 3.05) is 17.7 Å². The molecule has 2 N–H and O–H groups in total. The summed E-state index contributed by atoms with van der Waals surface area (Å²) in [4.78, 5) is 25.0. The van der Waals surface area contributed by atoms with Gasteiger partial charge in [-0.3, -0.25) is 9.59 Å². The maximum absolute atomic E-state index is 14.3. The van der Waals surface area contributed by atoms with Crippen molar-refractivity contribution in [1.82, 2.24) is 0 Å². The van der Waals surface area contributed by atoms with Gasteiger partial charge in [-0.25, -0.2) is 4.39 Å². The normalized spacial score (nSPS) is 13.5. The largest absolute Gasteiger partial charge is 0.380 e. The molecule has 5 nitrogen and oxygen atoms in total. The first-order valence-electron chi connectivity index (χ1n) is 8.98. The number of anilines is 2. The molecule has 1 saturated carbocycles. The van der Waals surface area contributed by atoms with Crippen molar-refractivity contribution in [3.05, 3.63) is 58.7 Å². The minimum atomic E-state index is -0.365. The summed E-state index contributed by atoms with van der Waals surface area (Å²) in [5.41, 5.74) is 1.83. The van der Waals surface area contributed by atoms with Crippen LogP contribution in [0.2, 0.25) is 0 Å². The number of hydrogen-bond acceptors (Lipinski definition) is 4. The third-order valence-electron chi connectivity index (χ3n) is 4.62. The zero-order valence-electron chi connectivity index (χ0n) is 15.3. The lowest BCUT2D eigenvalue weighted by Crippen LogP contribution is -2.14. The van der Waals surface area contributed by atoms with Gasteiger partial charge in [0.2, 0.25) is 5.91 Å². The highest BCUT2D eigenvalue weighted by atomic mass is 32.1. The lowest BCUT2D eigenvalue weighted by Gasteiger charge is -2.08. The summed E-state index contributed by atoms with van der Waals surface area (Å²) < 4.78 is 20.2. The molecule has 1 aliphatic carbocycles. The number of halogens is 1. The molecule has 0 bridgehead atoms. The average molecular weight is 398 g/mol. The predicted molar refractivity (Wildman–Crippen MR) is 108 cm³/mol. The van der Waals surface area contributed by atoms with Gasteiger partial charge in [0, 0.05) is 40.1 Å². The van der Waals surface area contributed by atoms with Crippen LogP contribution < -0.4 is 10.6 Å². The van der Waals surface area contributed by atoms with Gasteiger partial charge >= 0.3 is 0 Å². The second-order valence-electron chi connectivity index (χ2n) is 6.75. The summed E-state index contributed by atoms with van der Waals surface area (Å²) in [6, 6.07) is 11.7. The van der Waals surface area contributed by atoms with Crippen LogP contribution in [0, 0.1) is 11.7 Å². The van der Waals surface area contributed by atoms with E-state index in [9.17, 15) is 14.0 Å². The number of fused-ring (bicyclic) bond motifs is 1. The summed E-state index contributed by atoms with van der Waals surface area (Å²) in [5, 5.41) is 6.12. The number of methoxy groups -OCH3 is 1. The summed E-state index contributed by atoms with van der Waals surface area (Å²) in [6.45, 7) is 0.149. The molecule has 1 heterocycles. The van der Waals surface area contributed by atoms with Crippen molar-refractivity contribution >= 4 is 44.6 Å². The number of carbonyl (C=O) groups excluding carboxylic acids is 2. The van der Waals surface area contributed by atoms with Crippen molar-refractivity contribution in [3.63, 3.8) is 0 Å². The topological polar surface area (TPSA) is 67.4 Å². The van der Waals surface area contributed by atoms with Crippen LogP contribution in [0.4, 0.5) is 15.8 Å². The number of carbonyl (C=O) groups is 2. The Morgan fingerprint density at radius 2 is 1.79 bits per heavy atom. The van der Waals surface area contributed by atoms with E-state index in [1.807, 2.05) is 0 Å². The van der Waals surface area contributed by atoms with Crippen molar-refractivity contribution < 1.29 is 18.7 Å². The van der Waals surface area contributed by atoms with E-state index >= 15 is 0 Å². The molecule has 144 valence electrons. The Morgan fingerprint density at radius 3 is 2.43 bits per heavy atom. The fraction of sp³-hybridized carbons (Fsp3) is 0.238. The van der Waals surface area contributed by atoms with Gasteiger partial charge in [0.25, 0.3) is 5.91 Å². The molecule has 1 fully saturated rings. The van der Waals surface area contributed by atoms with Crippen LogP contribution >= 0.6 is 11.3 Å². The zero-order chi connectivity index (χ0) is 19.7. The molecule has 1 aliphatic rings. The number of amides is 2. The van der Waals surface area contributed by atoms with E-state index in [0.29, 0.717) is 31.9 Å². The van der Waals surface area contributed by atoms with Gasteiger partial charge in [-0.05, 0) is 49.2 Å². The maximum Gasteiger partial charge on any atom is 0.266 e. The number of thiophene rings is 1. The van der Waals surface area contributed by atoms with Crippen molar-refractivity contribution in [2.45, 2.75) is 19.4 Å². The molecule has 3 aromatic rings. The third-order valence-corrected chi connectivity index (χ3v) is 5.81. The SMILES string of the molecule is COCc1c(C(=O)Nc2ccc(NC(=O)C3CC3)cc2)sc2cccc(F)c12. The molecule has 0 aliphatic heterocycles. The Bertz CT molecular complexity index is 1040. The second-order valence-corrected chi connectivity index (χ2v) is 7.80. The molecule has 2 amide bonds. The smallest absolute Gasteiger partial charge is 0.266 e. The van der Waals surface area contributed by atoms with E-state index < -0.39 is 0 Å². The first-order chi connectivity index (χ1) is 13.6. The summed E-state index contributed by atoms with van der Waals surface area (Å²) >= 11 is 1.24. The molecule has 0 spiro atoms. The molecule has 28 heavy (non-hydrogen) atoms. The van der Waals surface area contributed by atoms with Crippen molar-refractivity contribution in [3.8, 4) is 0 Å². The van der Waals surface area contributed by atoms with Crippen LogP contribution in [-0.2, 0) is 16.1 Å². The van der Waals surface area contributed by atoms with E-state index in [1.54, 1.807) is 36.4 Å². The van der Waals surface area contributed by atoms with E-state index in [2.05, 4.69) is 10.6 Å². The molecule has 4 rings (SSSR count). The van der Waals surface area contributed by atoms with Gasteiger partial charge in [0.15, 0.2) is 0 Å². The van der Waals surface area contributed by atoms with E-state index in [1.165, 1.54) is 24.5 Å². The highest BCUT2D eigenvalue weighted by Crippen LogP contribution is 2.34. The van der Waals surface area contributed by atoms with Crippen LogP contribution in [-0.4, -0.2) is 18.9 Å². The summed E-state index contributed by atoms with van der Waals surface area (Å²) in [6.07, 6.45) is 1.89. The first kappa shape index (κ1) is 18.6. The molecule has 0 saturated heterocycles. The molecular formula is C21H19FN2O3S. The van der Waals surface area contributed by atoms with E-state index in [4.69, 9.17) is 4.74 Å². The quantitative estimate of drug-likeness (QED) is 0.627. The number of ether oxygens (including phenoxy) is 1. The first-order valence-corrected chi connectivity index (χ1v) is 9.79. The Hall–Kier alpha value is -2.77. The number of benzene rings is 2. The Labute approximate surface area is 165 Å². The Balaban J connectivity index is 1.54. The highest BCUT2D eigenvalue weighted by molar-refractivity contribution is 7.21. The highest BCUT2D eigenvalue weighted by Gasteiger charge is 2.29. The number of hydrogen-bond donors (Lipinski definition) is 2. The minimum Gasteiger partial charge on any atom is -0.380 e. The number of rotatable bonds is 6. The van der Waals surface area contributed by atoms with Gasteiger partial charge in [-0.15, -0.1) is 11.3 Å². The van der Waals surface area contributed by atoms with Crippen LogP contribution in [0.3, 0.4) is 0 Å². The minimum absolute atomic E-state index is 0.0355. The van der Waals surface area contributed by atoms with Crippen LogP contribution in [0.1, 0.15) is 28.1 Å². The molecular weight excluding hydrogens is 379 g/mol. The molecule has 7 heteroatoms. The lowest BCUT2D eigenvalue weighted by molar-refractivity contribution is -0.117. The average Bonchev–Trinajstić information content (AvgIpc) is 3.46. The maximum atomic E-state index is 14.3. The molecule has 0 unspecified atom stereocenters. The van der Waals surface area contributed by atoms with Gasteiger partial charge in [-0.1, -0.05) is 6.07 Å². The lowest BCUT2D eigenvalue weighted by atomic mass is 10.1. The third kappa shape index (κ3) is 3.76. The number of nitrogens with one attached hydrogen (secondary N) is 2. The van der Waals surface area contributed by atoms with Gasteiger partial charge in [0.05, 0.1) is 11.5 Å². The fourth-order valence-electron chi connectivity index (χ4n) is 3.05. The Morgan fingerprint density at radius 1 is 1.11 bits per heavy atom. The predicted octanol–water partition coefficient (Wildman–Crippen LogP) is 4.79. The van der Waals surface area contributed by atoms with Gasteiger partial charge < -0.3 is 15.4 Å². The molecule has 0 atom stereocenters. The Kier molecular flexibility index (Phi) is 5.11. The molecule has 0 radical (unpaired) electrons. The van der Waals surface area contributed by atoms with Crippen molar-refractivity contribution in [1.29, 1.82) is 0 Å². The van der Waals surface area contributed by atoms with Crippen LogP contribution in [0.15, 0.2) is 42.5 Å². The van der Waals surface area contributed by atoms with E-state index in [0.717, 1.165) is 12.8 Å². The summed E-state index contributed by atoms with van der Waals surface area (Å²) in [7, 11) is 1.51. The van der Waals surface area contributed by atoms with Crippen molar-refractivity contribution in [2.24, 2.45) is 5.92 Å². The monoisotopic (exact) mass is 398 g/mol. The standard InChI is InChI=1S/C21H19FN2O3S/c1-27-11-15-18-16(22)3-2-4-17(18)28-19(15)21(26)24-14-9-7-13(8-10-14)23-20(25)12-5-6-12/h2-4,7-10,12H,5-6,11H2,1H3,(H,23,25)(H,24,26). The summed E-state index contributed by atoms with van der Waals surface area (Å²) in [5.74, 6) is -0.516. The van der Waals surface area contributed by atoms with E-state index in [-0.39, 0.29) is 30.2 Å². The zero-order valence-corrected chi connectivity index (χ0v) is 16.1. The van der Waals surface area contributed by atoms with Gasteiger partial charge in [-0.2, -0.15) is 0 Å². The molecule has 1 aromatic heterocycles.